The number of phenolic OH excluding ortho intramolecular Hbond substituents is 1. The summed E-state index contributed by atoms with van der Waals surface area (Å²) < 4.78 is 67.8. The lowest BCUT2D eigenvalue weighted by atomic mass is 9.78. The van der Waals surface area contributed by atoms with Gasteiger partial charge in [0.15, 0.2) is 0 Å². The molecule has 0 saturated carbocycles. The zero-order chi connectivity index (χ0) is 28.2. The second-order valence-corrected chi connectivity index (χ2v) is 10.1. The number of rotatable bonds is 12. The molecule has 3 aromatic carbocycles. The topological polar surface area (TPSA) is 173 Å². The molecule has 13 heteroatoms. The number of β-lactam (4-membered cyclic amide) rings is 1. The van der Waals surface area contributed by atoms with Crippen molar-refractivity contribution in [3.63, 3.8) is 0 Å². The largest absolute Gasteiger partial charge is 0.726 e. The number of halogens is 2. The number of hydrogen-bond donors (Lipinski definition) is 3. The third-order valence-electron chi connectivity index (χ3n) is 6.43. The zero-order valence-electron chi connectivity index (χ0n) is 21.6. The average molecular weight is 581 g/mol. The number of aliphatic hydroxyl groups excluding tert-OH is 1. The van der Waals surface area contributed by atoms with Crippen molar-refractivity contribution in [1.29, 1.82) is 0 Å². The quantitative estimate of drug-likeness (QED) is 0.121. The van der Waals surface area contributed by atoms with Crippen LogP contribution in [0.3, 0.4) is 0 Å². The predicted molar refractivity (Wildman–Crippen MR) is 141 cm³/mol. The lowest BCUT2D eigenvalue weighted by Crippen LogP contribution is -2.55. The van der Waals surface area contributed by atoms with Gasteiger partial charge in [0.2, 0.25) is 16.3 Å². The fourth-order valence-corrected chi connectivity index (χ4v) is 4.86. The van der Waals surface area contributed by atoms with Crippen molar-refractivity contribution in [2.45, 2.75) is 31.4 Å². The standard InChI is InChI=1S/C27H27F2NO8S.H3N/c28-18-4-2-17(3-5-18)24(31)13-12-23-26(30(27(23)33)20-8-6-19(29)7-9-20)22-11-10-21(16-25(22)32)37-14-1-15-38-39(34,35)36;/h2-11,16,23-24,26,31-32H,1,12-15H2,(H,34,35,36);1H3/t23-,24+,26-;/m1./s1. The summed E-state index contributed by atoms with van der Waals surface area (Å²) in [6, 6.07) is 14.7. The van der Waals surface area contributed by atoms with E-state index >= 15 is 0 Å². The zero-order valence-corrected chi connectivity index (χ0v) is 22.4. The molecule has 6 N–H and O–H groups in total. The Hall–Kier alpha value is -3.62. The van der Waals surface area contributed by atoms with Gasteiger partial charge in [-0.05, 0) is 66.9 Å². The van der Waals surface area contributed by atoms with Gasteiger partial charge in [0.1, 0.15) is 23.1 Å². The maximum atomic E-state index is 13.5. The Morgan fingerprint density at radius 3 is 2.20 bits per heavy atom. The molecule has 1 aliphatic heterocycles. The van der Waals surface area contributed by atoms with Crippen LogP contribution in [0.2, 0.25) is 0 Å². The highest BCUT2D eigenvalue weighted by molar-refractivity contribution is 7.80. The Morgan fingerprint density at radius 1 is 0.975 bits per heavy atom. The summed E-state index contributed by atoms with van der Waals surface area (Å²) >= 11 is 0. The number of quaternary nitrogens is 1. The Balaban J connectivity index is 0.00000441. The van der Waals surface area contributed by atoms with Crippen molar-refractivity contribution in [1.82, 2.24) is 6.15 Å². The lowest BCUT2D eigenvalue weighted by molar-refractivity contribution is -0.131. The van der Waals surface area contributed by atoms with E-state index in [1.807, 2.05) is 0 Å². The van der Waals surface area contributed by atoms with Crippen LogP contribution in [-0.2, 0) is 19.4 Å². The maximum absolute atomic E-state index is 13.5. The van der Waals surface area contributed by atoms with Gasteiger partial charge in [0.25, 0.3) is 0 Å². The molecule has 0 radical (unpaired) electrons. The van der Waals surface area contributed by atoms with Crippen molar-refractivity contribution >= 4 is 22.0 Å². The summed E-state index contributed by atoms with van der Waals surface area (Å²) in [6.07, 6.45) is -0.347. The third-order valence-corrected chi connectivity index (χ3v) is 6.89. The molecule has 0 spiro atoms. The van der Waals surface area contributed by atoms with Crippen LogP contribution in [-0.4, -0.2) is 42.3 Å². The monoisotopic (exact) mass is 580 g/mol. The van der Waals surface area contributed by atoms with Gasteiger partial charge < -0.3 is 30.6 Å². The molecule has 1 fully saturated rings. The molecule has 0 bridgehead atoms. The number of ether oxygens (including phenoxy) is 1. The van der Waals surface area contributed by atoms with Crippen LogP contribution in [0.15, 0.2) is 66.7 Å². The number of amides is 1. The highest BCUT2D eigenvalue weighted by Gasteiger charge is 2.49. The molecule has 3 aromatic rings. The minimum absolute atomic E-state index is 0. The van der Waals surface area contributed by atoms with E-state index in [-0.39, 0.29) is 56.0 Å². The fourth-order valence-electron chi connectivity index (χ4n) is 4.54. The number of hydrogen-bond acceptors (Lipinski definition) is 8. The van der Waals surface area contributed by atoms with Crippen LogP contribution >= 0.6 is 0 Å². The molecule has 40 heavy (non-hydrogen) atoms. The van der Waals surface area contributed by atoms with Crippen LogP contribution in [0.5, 0.6) is 11.5 Å². The van der Waals surface area contributed by atoms with Gasteiger partial charge in [-0.1, -0.05) is 12.1 Å². The van der Waals surface area contributed by atoms with E-state index in [4.69, 9.17) is 4.74 Å². The molecule has 1 heterocycles. The van der Waals surface area contributed by atoms with Gasteiger partial charge in [-0.2, -0.15) is 0 Å². The van der Waals surface area contributed by atoms with E-state index < -0.39 is 40.1 Å². The minimum Gasteiger partial charge on any atom is -0.726 e. The predicted octanol–water partition coefficient (Wildman–Crippen LogP) is 4.51. The van der Waals surface area contributed by atoms with Gasteiger partial charge in [0.05, 0.1) is 31.3 Å². The molecule has 1 aliphatic rings. The number of aromatic hydroxyl groups is 1. The first-order valence-electron chi connectivity index (χ1n) is 12.1. The molecular formula is C27H30F2N2O8S. The number of aliphatic hydroxyl groups is 1. The lowest BCUT2D eigenvalue weighted by Gasteiger charge is -2.48. The second-order valence-electron chi connectivity index (χ2n) is 9.03. The molecular weight excluding hydrogens is 550 g/mol. The van der Waals surface area contributed by atoms with Crippen LogP contribution in [0, 0.1) is 17.6 Å². The van der Waals surface area contributed by atoms with Crippen molar-refractivity contribution in [3.8, 4) is 11.5 Å². The van der Waals surface area contributed by atoms with Crippen LogP contribution in [0.4, 0.5) is 14.5 Å². The highest BCUT2D eigenvalue weighted by atomic mass is 32.3. The summed E-state index contributed by atoms with van der Waals surface area (Å²) in [5.74, 6) is -1.66. The average Bonchev–Trinajstić information content (AvgIpc) is 2.88. The normalized spacial score (nSPS) is 17.6. The number of anilines is 1. The van der Waals surface area contributed by atoms with Crippen molar-refractivity contribution in [2.75, 3.05) is 18.1 Å². The SMILES string of the molecule is O=C1[C@H](CC[C@H](O)c2ccc(F)cc2)[C@@H](c2ccc(OCCCOS(=O)(=O)[O-])cc2O)N1c1ccc(F)cc1.[NH4+]. The number of carbonyl (C=O) groups excluding carboxylic acids is 1. The fraction of sp³-hybridized carbons (Fsp3) is 0.296. The van der Waals surface area contributed by atoms with Crippen LogP contribution < -0.4 is 15.8 Å². The molecule has 3 atom stereocenters. The summed E-state index contributed by atoms with van der Waals surface area (Å²) in [6.45, 7) is -0.333. The van der Waals surface area contributed by atoms with E-state index in [0.717, 1.165) is 0 Å². The third kappa shape index (κ3) is 7.52. The van der Waals surface area contributed by atoms with Crippen LogP contribution in [0.25, 0.3) is 0 Å². The Bertz CT molecular complexity index is 1410. The first kappa shape index (κ1) is 30.9. The van der Waals surface area contributed by atoms with Gasteiger partial charge in [-0.25, -0.2) is 17.2 Å². The smallest absolute Gasteiger partial charge is 0.233 e. The number of phenols is 1. The second kappa shape index (κ2) is 13.2. The first-order valence-corrected chi connectivity index (χ1v) is 13.4. The maximum Gasteiger partial charge on any atom is 0.233 e. The van der Waals surface area contributed by atoms with Crippen LogP contribution in [0.1, 0.15) is 42.5 Å². The number of carbonyl (C=O) groups is 1. The summed E-state index contributed by atoms with van der Waals surface area (Å²) in [5.41, 5.74) is 1.36. The van der Waals surface area contributed by atoms with Gasteiger partial charge in [0, 0.05) is 23.7 Å². The molecule has 0 aliphatic carbocycles. The van der Waals surface area contributed by atoms with Gasteiger partial charge in [-0.3, -0.25) is 8.98 Å². The highest BCUT2D eigenvalue weighted by Crippen LogP contribution is 2.49. The van der Waals surface area contributed by atoms with E-state index in [9.17, 15) is 36.8 Å². The minimum atomic E-state index is -4.79. The number of nitrogens with zero attached hydrogens (tertiary/aromatic N) is 1. The summed E-state index contributed by atoms with van der Waals surface area (Å²) in [4.78, 5) is 14.6. The molecule has 216 valence electrons. The van der Waals surface area contributed by atoms with Crippen molar-refractivity contribution < 1.29 is 45.7 Å². The van der Waals surface area contributed by atoms with E-state index in [1.165, 1.54) is 59.5 Å². The van der Waals surface area contributed by atoms with Gasteiger partial charge in [-0.15, -0.1) is 0 Å². The first-order chi connectivity index (χ1) is 18.5. The Morgan fingerprint density at radius 2 is 1.60 bits per heavy atom. The molecule has 4 rings (SSSR count). The van der Waals surface area contributed by atoms with E-state index in [0.29, 0.717) is 16.8 Å². The van der Waals surface area contributed by atoms with E-state index in [2.05, 4.69) is 4.18 Å². The number of benzene rings is 3. The molecule has 0 unspecified atom stereocenters. The molecule has 10 nitrogen and oxygen atoms in total. The molecule has 1 saturated heterocycles. The molecule has 1 amide bonds. The van der Waals surface area contributed by atoms with Crippen molar-refractivity contribution in [3.05, 3.63) is 89.5 Å². The Labute approximate surface area is 230 Å². The summed E-state index contributed by atoms with van der Waals surface area (Å²) in [7, 11) is -4.79. The van der Waals surface area contributed by atoms with Crippen molar-refractivity contribution in [2.24, 2.45) is 5.92 Å². The van der Waals surface area contributed by atoms with E-state index in [1.54, 1.807) is 12.1 Å². The Kier molecular flexibility index (Phi) is 10.2. The summed E-state index contributed by atoms with van der Waals surface area (Å²) in [5, 5.41) is 21.4. The molecule has 0 aromatic heterocycles. The van der Waals surface area contributed by atoms with Gasteiger partial charge >= 0.3 is 0 Å².